The van der Waals surface area contributed by atoms with E-state index in [4.69, 9.17) is 49.6 Å². The molecule has 60 heavy (non-hydrogen) atoms. The van der Waals surface area contributed by atoms with Gasteiger partial charge in [0, 0.05) is 95.9 Å². The Morgan fingerprint density at radius 1 is 0.750 bits per heavy atom. The normalized spacial score (nSPS) is 20.6. The Morgan fingerprint density at radius 3 is 1.97 bits per heavy atom. The molecule has 0 saturated carbocycles. The number of aliphatic carboxylic acids is 1. The zero-order chi connectivity index (χ0) is 42.5. The molecule has 3 saturated heterocycles. The highest BCUT2D eigenvalue weighted by atomic mass is 35.5. The van der Waals surface area contributed by atoms with Crippen molar-refractivity contribution in [2.75, 3.05) is 57.3 Å². The molecule has 0 atom stereocenters. The van der Waals surface area contributed by atoms with E-state index >= 15 is 0 Å². The van der Waals surface area contributed by atoms with Gasteiger partial charge in [0.15, 0.2) is 5.71 Å². The lowest BCUT2D eigenvalue weighted by Crippen LogP contribution is -2.51. The minimum Gasteiger partial charge on any atom is -0.477 e. The molecule has 3 aromatic heterocycles. The molecule has 17 nitrogen and oxygen atoms in total. The summed E-state index contributed by atoms with van der Waals surface area (Å²) in [5.74, 6) is -0.338. The number of oxime groups is 2. The number of hydrogen-bond donors (Lipinski definition) is 1. The van der Waals surface area contributed by atoms with Crippen LogP contribution < -0.4 is 4.90 Å². The van der Waals surface area contributed by atoms with E-state index in [-0.39, 0.29) is 58.3 Å². The van der Waals surface area contributed by atoms with Crippen molar-refractivity contribution in [2.45, 2.75) is 58.8 Å². The SMILES string of the molecule is O=C(C1=NOC2(CCN(S(=O)(=O)c3cc(Cl)ccc3Cl)CC2)C1)N1CCN(c2ncnc3sccc23)CC1.O=C(O)C1=NOC2(CCN(S(=O)(=O)c3ccc(Cl)s3)CC2)C1. The van der Waals surface area contributed by atoms with E-state index in [0.717, 1.165) is 27.4 Å². The van der Waals surface area contributed by atoms with E-state index in [2.05, 4.69) is 25.2 Å². The molecule has 0 bridgehead atoms. The topological polar surface area (TPSA) is 205 Å². The summed E-state index contributed by atoms with van der Waals surface area (Å²) in [5.41, 5.74) is -0.994. The number of nitrogens with zero attached hydrogens (tertiary/aromatic N) is 8. The van der Waals surface area contributed by atoms with Crippen LogP contribution in [0.2, 0.25) is 14.4 Å². The molecule has 2 spiro atoms. The van der Waals surface area contributed by atoms with Gasteiger partial charge in [0.1, 0.15) is 43.0 Å². The van der Waals surface area contributed by atoms with E-state index in [9.17, 15) is 26.4 Å². The van der Waals surface area contributed by atoms with Crippen molar-refractivity contribution >= 4 is 117 Å². The lowest BCUT2D eigenvalue weighted by atomic mass is 9.87. The predicted molar refractivity (Wildman–Crippen MR) is 227 cm³/mol. The molecule has 3 fully saturated rings. The number of amides is 1. The first-order valence-electron chi connectivity index (χ1n) is 18.7. The van der Waals surface area contributed by atoms with Gasteiger partial charge in [-0.05, 0) is 41.8 Å². The van der Waals surface area contributed by atoms with Gasteiger partial charge in [-0.3, -0.25) is 4.79 Å². The maximum absolute atomic E-state index is 13.3. The molecule has 9 rings (SSSR count). The maximum Gasteiger partial charge on any atom is 0.353 e. The fourth-order valence-corrected chi connectivity index (χ4v) is 13.8. The molecule has 4 aromatic rings. The van der Waals surface area contributed by atoms with Gasteiger partial charge in [-0.1, -0.05) is 45.1 Å². The van der Waals surface area contributed by atoms with E-state index in [0.29, 0.717) is 73.4 Å². The predicted octanol–water partition coefficient (Wildman–Crippen LogP) is 5.43. The number of piperidine rings is 2. The van der Waals surface area contributed by atoms with E-state index in [1.165, 1.54) is 26.8 Å². The molecule has 1 N–H and O–H groups in total. The number of carbonyl (C=O) groups excluding carboxylic acids is 1. The average Bonchev–Trinajstić information content (AvgIpc) is 4.07. The molecule has 5 aliphatic rings. The summed E-state index contributed by atoms with van der Waals surface area (Å²) in [4.78, 5) is 49.0. The second-order valence-corrected chi connectivity index (χ2v) is 22.4. The standard InChI is InChI=1S/C24H24Cl2N6O4S2.C12H13ClN2O5S2/c25-16-1-2-18(26)20(13-16)38(34,35)32-6-4-24(5-7-32)14-19(29-36-24)23(33)31-10-8-30(9-11-31)21-17-3-12-37-22(17)28-15-27-21;13-9-1-2-10(21-9)22(18,19)15-5-3-12(4-6-15)7-8(11(16)17)14-20-12/h1-3,12-13,15H,4-11,14H2;1-2H,3-7H2,(H,16,17). The Morgan fingerprint density at radius 2 is 1.37 bits per heavy atom. The summed E-state index contributed by atoms with van der Waals surface area (Å²) in [6, 6.07) is 9.46. The Bertz CT molecular complexity index is 2600. The van der Waals surface area contributed by atoms with Gasteiger partial charge in [0.05, 0.1) is 14.7 Å². The number of hydrogen-bond acceptors (Lipinski definition) is 15. The number of sulfonamides is 2. The van der Waals surface area contributed by atoms with Crippen molar-refractivity contribution in [1.82, 2.24) is 23.5 Å². The van der Waals surface area contributed by atoms with Crippen molar-refractivity contribution < 1.29 is 41.2 Å². The van der Waals surface area contributed by atoms with Crippen LogP contribution in [0.1, 0.15) is 38.5 Å². The van der Waals surface area contributed by atoms with Crippen molar-refractivity contribution in [3.63, 3.8) is 0 Å². The fourth-order valence-electron chi connectivity index (χ4n) is 7.79. The third-order valence-corrected chi connectivity index (χ3v) is 18.2. The Labute approximate surface area is 368 Å². The molecular formula is C36H37Cl3N8O9S4. The first-order chi connectivity index (χ1) is 28.6. The number of carboxylic acids is 1. The van der Waals surface area contributed by atoms with Crippen LogP contribution in [0.15, 0.2) is 67.5 Å². The van der Waals surface area contributed by atoms with Gasteiger partial charge in [-0.25, -0.2) is 31.6 Å². The van der Waals surface area contributed by atoms with E-state index < -0.39 is 37.2 Å². The number of halogens is 3. The van der Waals surface area contributed by atoms with Gasteiger partial charge in [0.25, 0.3) is 15.9 Å². The third-order valence-electron chi connectivity index (χ3n) is 11.2. The zero-order valence-electron chi connectivity index (χ0n) is 31.6. The number of fused-ring (bicyclic) bond motifs is 1. The fraction of sp³-hybridized carbons (Fsp3) is 0.444. The molecule has 1 amide bonds. The minimum atomic E-state index is -3.81. The molecule has 0 aliphatic carbocycles. The maximum atomic E-state index is 13.3. The second kappa shape index (κ2) is 16.9. The smallest absolute Gasteiger partial charge is 0.353 e. The molecule has 0 radical (unpaired) electrons. The Hall–Kier alpha value is -3.67. The quantitative estimate of drug-likeness (QED) is 0.246. The van der Waals surface area contributed by atoms with Crippen LogP contribution in [-0.2, 0) is 39.3 Å². The van der Waals surface area contributed by atoms with Crippen molar-refractivity contribution in [1.29, 1.82) is 0 Å². The summed E-state index contributed by atoms with van der Waals surface area (Å²) in [6.45, 7) is 3.41. The summed E-state index contributed by atoms with van der Waals surface area (Å²) >= 11 is 20.6. The summed E-state index contributed by atoms with van der Waals surface area (Å²) in [7, 11) is -7.37. The van der Waals surface area contributed by atoms with Crippen molar-refractivity contribution in [3.05, 3.63) is 62.5 Å². The molecule has 5 aliphatic heterocycles. The van der Waals surface area contributed by atoms with Crippen LogP contribution in [0, 0.1) is 0 Å². The number of thiophene rings is 2. The number of carbonyl (C=O) groups is 2. The lowest BCUT2D eigenvalue weighted by molar-refractivity contribution is -0.129. The molecule has 1 aromatic carbocycles. The number of carboxylic acid groups (broad SMARTS) is 1. The van der Waals surface area contributed by atoms with Crippen molar-refractivity contribution in [3.8, 4) is 0 Å². The monoisotopic (exact) mass is 958 g/mol. The summed E-state index contributed by atoms with van der Waals surface area (Å²) in [6.07, 6.45) is 3.80. The number of benzene rings is 1. The average molecular weight is 960 g/mol. The molecule has 24 heteroatoms. The van der Waals surface area contributed by atoms with Crippen LogP contribution in [0.4, 0.5) is 5.82 Å². The Balaban J connectivity index is 0.000000193. The first-order valence-corrected chi connectivity index (χ1v) is 24.5. The highest BCUT2D eigenvalue weighted by Gasteiger charge is 2.48. The minimum absolute atomic E-state index is 0.0112. The Kier molecular flexibility index (Phi) is 12.1. The van der Waals surface area contributed by atoms with Gasteiger partial charge in [-0.2, -0.15) is 8.61 Å². The van der Waals surface area contributed by atoms with Crippen LogP contribution in [0.25, 0.3) is 10.2 Å². The van der Waals surface area contributed by atoms with Crippen LogP contribution in [-0.4, -0.2) is 132 Å². The van der Waals surface area contributed by atoms with Gasteiger partial charge in [0.2, 0.25) is 10.0 Å². The number of anilines is 1. The molecular weight excluding hydrogens is 923 g/mol. The highest BCUT2D eigenvalue weighted by molar-refractivity contribution is 7.91. The third kappa shape index (κ3) is 8.56. The largest absolute Gasteiger partial charge is 0.477 e. The molecule has 8 heterocycles. The van der Waals surface area contributed by atoms with Crippen LogP contribution in [0.3, 0.4) is 0 Å². The van der Waals surface area contributed by atoms with E-state index in [1.807, 2.05) is 11.4 Å². The molecule has 0 unspecified atom stereocenters. The zero-order valence-corrected chi connectivity index (χ0v) is 37.1. The van der Waals surface area contributed by atoms with Crippen LogP contribution >= 0.6 is 57.5 Å². The first kappa shape index (κ1) is 43.0. The van der Waals surface area contributed by atoms with Gasteiger partial charge >= 0.3 is 5.97 Å². The number of rotatable bonds is 7. The number of aromatic nitrogens is 2. The summed E-state index contributed by atoms with van der Waals surface area (Å²) < 4.78 is 54.7. The molecule has 320 valence electrons. The number of piperazine rings is 1. The lowest BCUT2D eigenvalue weighted by Gasteiger charge is -2.37. The van der Waals surface area contributed by atoms with Crippen LogP contribution in [0.5, 0.6) is 0 Å². The van der Waals surface area contributed by atoms with Crippen molar-refractivity contribution in [2.24, 2.45) is 10.3 Å². The van der Waals surface area contributed by atoms with E-state index in [1.54, 1.807) is 34.7 Å². The summed E-state index contributed by atoms with van der Waals surface area (Å²) in [5, 5.41) is 20.1. The highest BCUT2D eigenvalue weighted by Crippen LogP contribution is 2.39. The second-order valence-electron chi connectivity index (χ2n) is 14.8. The van der Waals surface area contributed by atoms with Gasteiger partial charge in [-0.15, -0.1) is 22.7 Å². The van der Waals surface area contributed by atoms with Gasteiger partial charge < -0.3 is 24.6 Å².